The maximum Gasteiger partial charge on any atom is 0.288 e. The van der Waals surface area contributed by atoms with Gasteiger partial charge >= 0.3 is 0 Å². The largest absolute Gasteiger partial charge is 0.483 e. The van der Waals surface area contributed by atoms with Crippen LogP contribution < -0.4 is 20.9 Å². The second-order valence-electron chi connectivity index (χ2n) is 7.00. The first-order chi connectivity index (χ1) is 14.8. The zero-order chi connectivity index (χ0) is 22.4. The van der Waals surface area contributed by atoms with E-state index >= 15 is 0 Å². The van der Waals surface area contributed by atoms with Gasteiger partial charge in [-0.3, -0.25) is 25.2 Å². The van der Waals surface area contributed by atoms with Crippen molar-refractivity contribution in [3.05, 3.63) is 54.1 Å². The van der Waals surface area contributed by atoms with Crippen molar-refractivity contribution in [2.45, 2.75) is 24.0 Å². The summed E-state index contributed by atoms with van der Waals surface area (Å²) in [5, 5.41) is 2.59. The van der Waals surface area contributed by atoms with Gasteiger partial charge in [0.25, 0.3) is 17.6 Å². The van der Waals surface area contributed by atoms with E-state index in [0.29, 0.717) is 28.3 Å². The zero-order valence-corrected chi connectivity index (χ0v) is 17.4. The van der Waals surface area contributed by atoms with E-state index in [2.05, 4.69) is 16.2 Å². The highest BCUT2D eigenvalue weighted by Gasteiger charge is 2.39. The Kier molecular flexibility index (Phi) is 7.45. The minimum atomic E-state index is -2.52. The van der Waals surface area contributed by atoms with Crippen LogP contribution >= 0.6 is 11.8 Å². The summed E-state index contributed by atoms with van der Waals surface area (Å²) in [6.07, 6.45) is 0.796. The summed E-state index contributed by atoms with van der Waals surface area (Å²) in [7, 11) is 0. The van der Waals surface area contributed by atoms with Crippen LogP contribution in [-0.4, -0.2) is 30.1 Å². The molecule has 164 valence electrons. The number of rotatable bonds is 8. The fourth-order valence-electron chi connectivity index (χ4n) is 2.81. The van der Waals surface area contributed by atoms with E-state index in [0.717, 1.165) is 6.42 Å². The summed E-state index contributed by atoms with van der Waals surface area (Å²) in [5.41, 5.74) is 5.33. The Bertz CT molecular complexity index is 956. The van der Waals surface area contributed by atoms with Crippen LogP contribution in [0.15, 0.2) is 53.4 Å². The van der Waals surface area contributed by atoms with Crippen molar-refractivity contribution in [1.82, 2.24) is 10.9 Å². The van der Waals surface area contributed by atoms with Gasteiger partial charge in [0.05, 0.1) is 5.56 Å². The highest BCUT2D eigenvalue weighted by Crippen LogP contribution is 2.37. The Morgan fingerprint density at radius 1 is 1.10 bits per heavy atom. The SMILES string of the molecule is C[C@@H]1C[C@@H]1C(=O)NNC(=O)c1ccccc1OCC(=O)Nc1ccc(SC(F)F)cc1. The number of carbonyl (C=O) groups excluding carboxylic acids is 3. The molecule has 0 saturated heterocycles. The first-order valence-electron chi connectivity index (χ1n) is 9.50. The van der Waals surface area contributed by atoms with Crippen LogP contribution in [0.5, 0.6) is 5.75 Å². The van der Waals surface area contributed by atoms with Gasteiger partial charge in [0.1, 0.15) is 5.75 Å². The molecule has 0 heterocycles. The van der Waals surface area contributed by atoms with E-state index < -0.39 is 17.6 Å². The number of hydrazine groups is 1. The van der Waals surface area contributed by atoms with Crippen LogP contribution in [0.1, 0.15) is 23.7 Å². The molecule has 10 heteroatoms. The minimum absolute atomic E-state index is 0.0847. The number of hydrogen-bond acceptors (Lipinski definition) is 5. The van der Waals surface area contributed by atoms with Crippen molar-refractivity contribution in [3.63, 3.8) is 0 Å². The van der Waals surface area contributed by atoms with Gasteiger partial charge in [-0.05, 0) is 48.7 Å². The number of anilines is 1. The van der Waals surface area contributed by atoms with Gasteiger partial charge in [0.15, 0.2) is 6.61 Å². The van der Waals surface area contributed by atoms with Crippen molar-refractivity contribution >= 4 is 35.2 Å². The van der Waals surface area contributed by atoms with E-state index in [4.69, 9.17) is 4.74 Å². The number of para-hydroxylation sites is 1. The monoisotopic (exact) mass is 449 g/mol. The average molecular weight is 449 g/mol. The number of benzene rings is 2. The van der Waals surface area contributed by atoms with E-state index in [1.807, 2.05) is 6.92 Å². The highest BCUT2D eigenvalue weighted by molar-refractivity contribution is 7.99. The second-order valence-corrected chi connectivity index (χ2v) is 8.06. The molecule has 1 fully saturated rings. The van der Waals surface area contributed by atoms with E-state index in [-0.39, 0.29) is 29.7 Å². The Labute approximate surface area is 181 Å². The number of alkyl halides is 2. The maximum atomic E-state index is 12.4. The predicted octanol–water partition coefficient (Wildman–Crippen LogP) is 3.44. The minimum Gasteiger partial charge on any atom is -0.483 e. The number of carbonyl (C=O) groups is 3. The highest BCUT2D eigenvalue weighted by atomic mass is 32.2. The Morgan fingerprint density at radius 3 is 2.42 bits per heavy atom. The molecule has 0 aliphatic heterocycles. The molecule has 3 rings (SSSR count). The van der Waals surface area contributed by atoms with Crippen LogP contribution in [0.2, 0.25) is 0 Å². The molecule has 2 atom stereocenters. The first-order valence-corrected chi connectivity index (χ1v) is 10.4. The third-order valence-electron chi connectivity index (χ3n) is 4.60. The van der Waals surface area contributed by atoms with Gasteiger partial charge in [-0.1, -0.05) is 30.8 Å². The molecule has 7 nitrogen and oxygen atoms in total. The molecule has 0 bridgehead atoms. The molecule has 2 aromatic carbocycles. The molecule has 0 unspecified atom stereocenters. The fourth-order valence-corrected chi connectivity index (χ4v) is 3.30. The Hall–Kier alpha value is -3.14. The molecular weight excluding hydrogens is 428 g/mol. The molecule has 3 amide bonds. The number of halogens is 2. The summed E-state index contributed by atoms with van der Waals surface area (Å²) in [6, 6.07) is 12.3. The quantitative estimate of drug-likeness (QED) is 0.424. The van der Waals surface area contributed by atoms with Gasteiger partial charge in [-0.25, -0.2) is 0 Å². The van der Waals surface area contributed by atoms with Crippen molar-refractivity contribution < 1.29 is 27.9 Å². The molecular formula is C21H21F2N3O4S. The average Bonchev–Trinajstić information content (AvgIpc) is 3.48. The lowest BCUT2D eigenvalue weighted by molar-refractivity contribution is -0.123. The van der Waals surface area contributed by atoms with E-state index in [1.54, 1.807) is 12.1 Å². The molecule has 1 aliphatic carbocycles. The van der Waals surface area contributed by atoms with Crippen molar-refractivity contribution in [2.24, 2.45) is 11.8 Å². The number of ether oxygens (including phenoxy) is 1. The summed E-state index contributed by atoms with van der Waals surface area (Å²) in [5.74, 6) is -3.41. The molecule has 1 aliphatic rings. The molecule has 3 N–H and O–H groups in total. The molecule has 31 heavy (non-hydrogen) atoms. The lowest BCUT2D eigenvalue weighted by Crippen LogP contribution is -2.42. The number of thioether (sulfide) groups is 1. The van der Waals surface area contributed by atoms with Gasteiger partial charge in [0, 0.05) is 16.5 Å². The Morgan fingerprint density at radius 2 is 1.77 bits per heavy atom. The van der Waals surface area contributed by atoms with Gasteiger partial charge in [-0.2, -0.15) is 8.78 Å². The zero-order valence-electron chi connectivity index (χ0n) is 16.6. The Balaban J connectivity index is 1.51. The lowest BCUT2D eigenvalue weighted by Gasteiger charge is -2.12. The van der Waals surface area contributed by atoms with Crippen LogP contribution in [0, 0.1) is 11.8 Å². The summed E-state index contributed by atoms with van der Waals surface area (Å²) < 4.78 is 30.2. The van der Waals surface area contributed by atoms with E-state index in [1.165, 1.54) is 36.4 Å². The molecule has 2 aromatic rings. The van der Waals surface area contributed by atoms with Crippen LogP contribution in [0.25, 0.3) is 0 Å². The molecule has 0 aromatic heterocycles. The third kappa shape index (κ3) is 6.68. The van der Waals surface area contributed by atoms with E-state index in [9.17, 15) is 23.2 Å². The molecule has 1 saturated carbocycles. The number of amides is 3. The summed E-state index contributed by atoms with van der Waals surface area (Å²) in [6.45, 7) is 1.58. The maximum absolute atomic E-state index is 12.4. The number of nitrogens with one attached hydrogen (secondary N) is 3. The lowest BCUT2D eigenvalue weighted by atomic mass is 10.2. The van der Waals surface area contributed by atoms with Gasteiger partial charge < -0.3 is 10.1 Å². The smallest absolute Gasteiger partial charge is 0.288 e. The molecule has 0 spiro atoms. The van der Waals surface area contributed by atoms with Crippen molar-refractivity contribution in [3.8, 4) is 5.75 Å². The number of hydrogen-bond donors (Lipinski definition) is 3. The first kappa shape index (κ1) is 22.5. The topological polar surface area (TPSA) is 96.5 Å². The predicted molar refractivity (Wildman–Crippen MR) is 112 cm³/mol. The van der Waals surface area contributed by atoms with Gasteiger partial charge in [-0.15, -0.1) is 0 Å². The van der Waals surface area contributed by atoms with Crippen molar-refractivity contribution in [2.75, 3.05) is 11.9 Å². The van der Waals surface area contributed by atoms with Gasteiger partial charge in [0.2, 0.25) is 5.91 Å². The summed E-state index contributed by atoms with van der Waals surface area (Å²) in [4.78, 5) is 36.7. The van der Waals surface area contributed by atoms with Crippen LogP contribution in [0.3, 0.4) is 0 Å². The van der Waals surface area contributed by atoms with Crippen LogP contribution in [-0.2, 0) is 9.59 Å². The molecule has 0 radical (unpaired) electrons. The van der Waals surface area contributed by atoms with Crippen LogP contribution in [0.4, 0.5) is 14.5 Å². The fraction of sp³-hybridized carbons (Fsp3) is 0.286. The third-order valence-corrected chi connectivity index (χ3v) is 5.32. The standard InChI is InChI=1S/C21H21F2N3O4S/c1-12-10-16(12)20(29)26-25-19(28)15-4-2-3-5-17(15)30-11-18(27)24-13-6-8-14(9-7-13)31-21(22)23/h2-9,12,16,21H,10-11H2,1H3,(H,24,27)(H,25,28)(H,26,29)/t12-,16+/m1/s1. The normalized spacial score (nSPS) is 17.0. The second kappa shape index (κ2) is 10.3. The summed E-state index contributed by atoms with van der Waals surface area (Å²) >= 11 is 0.414. The van der Waals surface area contributed by atoms with Crippen molar-refractivity contribution in [1.29, 1.82) is 0 Å².